The Kier molecular flexibility index (Phi) is 305. The second-order valence-electron chi connectivity index (χ2n) is 5.64. The van der Waals surface area contributed by atoms with E-state index in [1.165, 1.54) is 12.5 Å². The van der Waals surface area contributed by atoms with E-state index in [0.29, 0.717) is 0 Å². The van der Waals surface area contributed by atoms with E-state index in [1.807, 2.05) is 0 Å². The maximum Gasteiger partial charge on any atom is 0 e. The van der Waals surface area contributed by atoms with E-state index in [-0.39, 0.29) is 703 Å². The molecule has 0 spiro atoms. The molecule has 0 aromatic carbocycles. The number of rotatable bonds is 1. The molecule has 0 aromatic rings. The van der Waals surface area contributed by atoms with Crippen molar-refractivity contribution in [2.75, 3.05) is 7.05 Å². The van der Waals surface area contributed by atoms with Crippen LogP contribution in [-0.4, -0.2) is 28.1 Å². The van der Waals surface area contributed by atoms with E-state index >= 15 is 0 Å². The normalized spacial score (nSPS) is 15.1. The minimum Gasteiger partial charge on any atom is -0.567 e. The first-order valence-corrected chi connectivity index (χ1v) is 5.19. The molecule has 0 amide bonds. The summed E-state index contributed by atoms with van der Waals surface area (Å²) < 4.78 is 0. The monoisotopic (exact) mass is 2060 g/mol. The molecule has 0 aromatic heterocycles. The van der Waals surface area contributed by atoms with Crippen LogP contribution in [0.5, 0.6) is 0 Å². The van der Waals surface area contributed by atoms with Gasteiger partial charge in [0.15, 0.2) is 0 Å². The molecule has 0 bridgehead atoms. The summed E-state index contributed by atoms with van der Waals surface area (Å²) in [5, 5.41) is 9.44. The quantitative estimate of drug-likeness (QED) is 0.409. The van der Waals surface area contributed by atoms with Gasteiger partial charge < -0.3 is 15.9 Å². The van der Waals surface area contributed by atoms with Crippen LogP contribution >= 0.6 is 0 Å². The van der Waals surface area contributed by atoms with Crippen molar-refractivity contribution < 1.29 is 692 Å². The number of likely N-dealkylation sites (tertiary alicyclic amines) is 1. The molecular weight excluding hydrogens is 2040 g/mol. The van der Waals surface area contributed by atoms with Crippen molar-refractivity contribution >= 4 is 0 Å². The van der Waals surface area contributed by atoms with Gasteiger partial charge in [0, 0.05) is 687 Å². The van der Waals surface area contributed by atoms with Crippen LogP contribution in [0, 0.1) is 17.9 Å². The van der Waals surface area contributed by atoms with Gasteiger partial charge in [-0.15, -0.1) is 5.41 Å². The van der Waals surface area contributed by atoms with Gasteiger partial charge in [-0.2, -0.15) is 6.92 Å². The largest absolute Gasteiger partial charge is 0.567 e. The number of hydrogen-bond acceptors (Lipinski definition) is 2. The fourth-order valence-electron chi connectivity index (χ4n) is 2.53. The Morgan fingerprint density at radius 2 is 0.657 bits per heavy atom. The van der Waals surface area contributed by atoms with Crippen LogP contribution in [-0.2, 0) is 687 Å². The summed E-state index contributed by atoms with van der Waals surface area (Å²) in [5.41, 5.74) is -0.131. The van der Waals surface area contributed by atoms with Gasteiger partial charge in [0.2, 0.25) is 0 Å². The zero-order valence-electron chi connectivity index (χ0n) is 22.6. The summed E-state index contributed by atoms with van der Waals surface area (Å²) in [6, 6.07) is 0. The van der Waals surface area contributed by atoms with Gasteiger partial charge in [0.05, 0.1) is 0 Å². The minimum atomic E-state index is -0.299. The fraction of sp³-hybridized carbons (Fsp3) is 0.833. The molecule has 1 heterocycles. The van der Waals surface area contributed by atoms with E-state index in [0.717, 1.165) is 0 Å². The Bertz CT molecular complexity index is 246. The predicted molar refractivity (Wildman–Crippen MR) is 59.2 cm³/mol. The van der Waals surface area contributed by atoms with Gasteiger partial charge >= 0.3 is 0 Å². The molecule has 35 heavy (non-hydrogen) atoms. The summed E-state index contributed by atoms with van der Waals surface area (Å²) in [7, 11) is 2.07. The molecule has 23 heteroatoms. The smallest absolute Gasteiger partial charge is 0 e. The van der Waals surface area contributed by atoms with Crippen LogP contribution in [0.2, 0.25) is 0 Å². The van der Waals surface area contributed by atoms with Crippen molar-refractivity contribution in [2.24, 2.45) is 5.41 Å². The third-order valence-electron chi connectivity index (χ3n) is 5.01. The number of nitrogens with zero attached hydrogens (tertiary/aromatic N) is 1. The van der Waals surface area contributed by atoms with Gasteiger partial charge in [-0.25, -0.2) is 12.1 Å². The van der Waals surface area contributed by atoms with Crippen LogP contribution in [0.1, 0.15) is 41.5 Å². The van der Waals surface area contributed by atoms with Gasteiger partial charge in [0.1, 0.15) is 0 Å². The molecule has 1 fully saturated rings. The zero-order chi connectivity index (χ0) is 11.4. The first-order chi connectivity index (χ1) is 6.12. The Balaban J connectivity index is -0.00000000491. The van der Waals surface area contributed by atoms with Crippen molar-refractivity contribution in [3.05, 3.63) is 12.5 Å². The van der Waals surface area contributed by atoms with Crippen LogP contribution in [0.3, 0.4) is 0 Å². The molecule has 0 saturated carbocycles. The summed E-state index contributed by atoms with van der Waals surface area (Å²) >= 11 is 0. The summed E-state index contributed by atoms with van der Waals surface area (Å²) in [6.45, 7) is 14.5. The number of likely N-dealkylation sites (N-methyl/N-ethyl adjacent to an activating group) is 1. The van der Waals surface area contributed by atoms with Gasteiger partial charge in [-0.1, -0.05) is 20.8 Å². The van der Waals surface area contributed by atoms with Crippen molar-refractivity contribution in [1.82, 2.24) is 4.90 Å². The van der Waals surface area contributed by atoms with Crippen molar-refractivity contribution in [1.29, 1.82) is 0 Å². The molecule has 1 rings (SSSR count). The molecule has 2 nitrogen and oxygen atoms in total. The van der Waals surface area contributed by atoms with Crippen LogP contribution in [0.25, 0.3) is 0 Å². The molecule has 1 N–H and O–H groups in total. The predicted octanol–water partition coefficient (Wildman–Crippen LogP) is 2.57. The Morgan fingerprint density at radius 1 is 0.486 bits per heavy atom. The van der Waals surface area contributed by atoms with Crippen molar-refractivity contribution in [2.45, 2.75) is 52.6 Å². The van der Waals surface area contributed by atoms with Gasteiger partial charge in [-0.05, 0) is 26.4 Å². The summed E-state index contributed by atoms with van der Waals surface area (Å²) in [5.74, 6) is 1.32. The number of aliphatic hydroxyl groups is 1. The Hall–Kier alpha value is 23.1. The molecule has 1 atom stereocenters. The van der Waals surface area contributed by atoms with E-state index in [1.54, 1.807) is 0 Å². The second-order valence-corrected chi connectivity index (χ2v) is 5.64. The Labute approximate surface area is 747 Å². The number of aliphatic hydroxyl groups excluding tert-OH is 1. The average Bonchev–Trinajstić information content (AvgIpc) is 2.20. The molecule has 147 valence electrons. The molecule has 1 saturated heterocycles. The maximum absolute atomic E-state index is 9.44. The molecule has 21 radical (unpaired) electrons. The molecule has 0 unspecified atom stereocenters. The third kappa shape index (κ3) is 49.6. The number of hydrogen-bond donors (Lipinski definition) is 1. The third-order valence-corrected chi connectivity index (χ3v) is 5.01. The first-order valence-electron chi connectivity index (χ1n) is 5.19. The first kappa shape index (κ1) is 138. The van der Waals surface area contributed by atoms with E-state index in [2.05, 4.69) is 53.5 Å². The fourth-order valence-corrected chi connectivity index (χ4v) is 2.53. The molecular formula is C12H23NOY21-2. The van der Waals surface area contributed by atoms with Gasteiger partial charge in [0.25, 0.3) is 0 Å². The molecule has 0 aliphatic carbocycles. The van der Waals surface area contributed by atoms with Gasteiger partial charge in [-0.3, -0.25) is 0 Å². The van der Waals surface area contributed by atoms with Crippen LogP contribution < -0.4 is 0 Å². The maximum atomic E-state index is 9.44. The second kappa shape index (κ2) is 77.7. The average molecular weight is 2060 g/mol. The minimum absolute atomic E-state index is 0. The molecule has 1 aliphatic heterocycles. The van der Waals surface area contributed by atoms with E-state index in [9.17, 15) is 5.11 Å². The van der Waals surface area contributed by atoms with Crippen LogP contribution in [0.4, 0.5) is 0 Å². The standard InChI is InChI=1S/C12H23NO.21Y/c1-9-10(2,3)11(4,5)13(7)12(9,6)8-14;;;;;;;;;;;;;;;;;;;;;/h8,14H,1-7H3;;;;;;;;;;;;;;;;;;;;;/q-2;;;;;;;;;;;;;;;;;;;;;/t12-;;;;;;;;;;;;;;;;;;;;;/m1...................../s1. The summed E-state index contributed by atoms with van der Waals surface area (Å²) in [4.78, 5) is 2.25. The van der Waals surface area contributed by atoms with E-state index < -0.39 is 0 Å². The van der Waals surface area contributed by atoms with Crippen molar-refractivity contribution in [3.8, 4) is 0 Å². The SMILES string of the molecule is C[C-]1C(C)(C)C(C)(C)N(C)[C@]1(C)[CH-]O.[Y].[Y].[Y].[Y].[Y].[Y].[Y].[Y].[Y].[Y].[Y].[Y].[Y].[Y].[Y].[Y].[Y].[Y].[Y].[Y].[Y]. The van der Waals surface area contributed by atoms with Crippen molar-refractivity contribution in [3.63, 3.8) is 0 Å². The van der Waals surface area contributed by atoms with E-state index in [4.69, 9.17) is 0 Å². The zero-order valence-corrected chi connectivity index (χ0v) is 82.2. The molecule has 1 aliphatic rings. The summed E-state index contributed by atoms with van der Waals surface area (Å²) in [6.07, 6.45) is 0. The Morgan fingerprint density at radius 3 is 0.714 bits per heavy atom. The van der Waals surface area contributed by atoms with Crippen LogP contribution in [0.15, 0.2) is 0 Å². The topological polar surface area (TPSA) is 23.5 Å².